The molecule has 1 aliphatic rings. The summed E-state index contributed by atoms with van der Waals surface area (Å²) in [5.74, 6) is 0.536. The predicted octanol–water partition coefficient (Wildman–Crippen LogP) is 3.22. The minimum atomic E-state index is -4.32. The Kier molecular flexibility index (Phi) is 5.69. The van der Waals surface area contributed by atoms with Gasteiger partial charge in [-0.3, -0.25) is 0 Å². The van der Waals surface area contributed by atoms with E-state index >= 15 is 0 Å². The van der Waals surface area contributed by atoms with E-state index < -0.39 is 12.8 Å². The minimum absolute atomic E-state index is 0.208. The fourth-order valence-corrected chi connectivity index (χ4v) is 2.86. The number of aliphatic hydroxyl groups excluding tert-OH is 1. The number of benzene rings is 1. The fraction of sp³-hybridized carbons (Fsp3) is 0.625. The number of rotatable bonds is 6. The molecule has 1 aromatic rings. The number of aliphatic hydroxyl groups is 1. The summed E-state index contributed by atoms with van der Waals surface area (Å²) in [5.41, 5.74) is 1.01. The zero-order chi connectivity index (χ0) is 16.2. The van der Waals surface area contributed by atoms with Crippen molar-refractivity contribution in [2.75, 3.05) is 20.2 Å². The maximum Gasteiger partial charge on any atom is 0.422 e. The Balaban J connectivity index is 1.80. The zero-order valence-corrected chi connectivity index (χ0v) is 12.6. The van der Waals surface area contributed by atoms with Crippen LogP contribution in [0.2, 0.25) is 0 Å². The van der Waals surface area contributed by atoms with Crippen molar-refractivity contribution >= 4 is 0 Å². The third-order valence-electron chi connectivity index (χ3n) is 3.94. The maximum atomic E-state index is 12.1. The highest BCUT2D eigenvalue weighted by Gasteiger charge is 2.28. The third-order valence-corrected chi connectivity index (χ3v) is 3.94. The van der Waals surface area contributed by atoms with Crippen LogP contribution in [0, 0.1) is 5.92 Å². The van der Waals surface area contributed by atoms with Crippen LogP contribution in [-0.4, -0.2) is 42.5 Å². The van der Waals surface area contributed by atoms with Gasteiger partial charge in [0.1, 0.15) is 5.75 Å². The van der Waals surface area contributed by atoms with Gasteiger partial charge >= 0.3 is 6.18 Å². The highest BCUT2D eigenvalue weighted by molar-refractivity contribution is 5.27. The van der Waals surface area contributed by atoms with Crippen LogP contribution in [0.3, 0.4) is 0 Å². The quantitative estimate of drug-likeness (QED) is 0.874. The van der Waals surface area contributed by atoms with Gasteiger partial charge in [0, 0.05) is 13.1 Å². The van der Waals surface area contributed by atoms with Gasteiger partial charge in [0.25, 0.3) is 0 Å². The van der Waals surface area contributed by atoms with Gasteiger partial charge in [0.05, 0.1) is 6.10 Å². The number of nitrogens with zero attached hydrogens (tertiary/aromatic N) is 1. The number of halogens is 3. The molecule has 0 radical (unpaired) electrons. The molecule has 1 aliphatic carbocycles. The van der Waals surface area contributed by atoms with E-state index in [0.29, 0.717) is 12.5 Å². The number of ether oxygens (including phenoxy) is 1. The monoisotopic (exact) mass is 317 g/mol. The first-order valence-corrected chi connectivity index (χ1v) is 7.48. The van der Waals surface area contributed by atoms with Crippen LogP contribution in [0.4, 0.5) is 13.2 Å². The van der Waals surface area contributed by atoms with E-state index in [4.69, 9.17) is 0 Å². The van der Waals surface area contributed by atoms with Crippen LogP contribution in [0.15, 0.2) is 24.3 Å². The smallest absolute Gasteiger partial charge is 0.422 e. The zero-order valence-electron chi connectivity index (χ0n) is 12.6. The van der Waals surface area contributed by atoms with Gasteiger partial charge in [-0.1, -0.05) is 18.6 Å². The van der Waals surface area contributed by atoms with Crippen LogP contribution in [0.1, 0.15) is 24.8 Å². The first-order valence-electron chi connectivity index (χ1n) is 7.48. The van der Waals surface area contributed by atoms with Crippen LogP contribution < -0.4 is 4.74 Å². The van der Waals surface area contributed by atoms with Crippen LogP contribution in [0.25, 0.3) is 0 Å². The lowest BCUT2D eigenvalue weighted by Crippen LogP contribution is -2.29. The lowest BCUT2D eigenvalue weighted by atomic mass is 10.1. The molecule has 2 unspecified atom stereocenters. The van der Waals surface area contributed by atoms with Crippen LogP contribution in [-0.2, 0) is 6.54 Å². The number of hydrogen-bond donors (Lipinski definition) is 1. The molecule has 124 valence electrons. The molecule has 0 bridgehead atoms. The molecule has 0 amide bonds. The van der Waals surface area contributed by atoms with Gasteiger partial charge in [-0.05, 0) is 43.5 Å². The minimum Gasteiger partial charge on any atom is -0.484 e. The summed E-state index contributed by atoms with van der Waals surface area (Å²) in [4.78, 5) is 2.13. The van der Waals surface area contributed by atoms with Crippen molar-refractivity contribution in [3.05, 3.63) is 29.8 Å². The van der Waals surface area contributed by atoms with E-state index in [1.807, 2.05) is 7.05 Å². The van der Waals surface area contributed by atoms with Crippen molar-refractivity contribution in [1.82, 2.24) is 4.90 Å². The fourth-order valence-electron chi connectivity index (χ4n) is 2.86. The van der Waals surface area contributed by atoms with E-state index in [0.717, 1.165) is 31.4 Å². The van der Waals surface area contributed by atoms with E-state index in [1.54, 1.807) is 24.3 Å². The van der Waals surface area contributed by atoms with Crippen molar-refractivity contribution < 1.29 is 23.0 Å². The lowest BCUT2D eigenvalue weighted by Gasteiger charge is -2.23. The number of alkyl halides is 3. The lowest BCUT2D eigenvalue weighted by molar-refractivity contribution is -0.153. The Hall–Kier alpha value is -1.27. The molecule has 0 spiro atoms. The third kappa shape index (κ3) is 5.50. The second-order valence-corrected chi connectivity index (χ2v) is 6.00. The van der Waals surface area contributed by atoms with E-state index in [1.165, 1.54) is 0 Å². The molecular formula is C16H22F3NO2. The van der Waals surface area contributed by atoms with E-state index in [9.17, 15) is 18.3 Å². The normalized spacial score (nSPS) is 22.3. The summed E-state index contributed by atoms with van der Waals surface area (Å²) in [5, 5.41) is 9.83. The summed E-state index contributed by atoms with van der Waals surface area (Å²) in [6.45, 7) is 0.252. The standard InChI is InChI=1S/C16H22F3NO2/c1-20(10-13-3-2-4-15(13)21)9-12-5-7-14(8-6-12)22-11-16(17,18)19/h5-8,13,15,21H,2-4,9-11H2,1H3. The summed E-state index contributed by atoms with van der Waals surface area (Å²) in [7, 11) is 1.99. The molecule has 1 saturated carbocycles. The molecular weight excluding hydrogens is 295 g/mol. The molecule has 2 rings (SSSR count). The molecule has 3 nitrogen and oxygen atoms in total. The summed E-state index contributed by atoms with van der Waals surface area (Å²) >= 11 is 0. The van der Waals surface area contributed by atoms with Crippen molar-refractivity contribution in [3.8, 4) is 5.75 Å². The predicted molar refractivity (Wildman–Crippen MR) is 77.7 cm³/mol. The highest BCUT2D eigenvalue weighted by Crippen LogP contribution is 2.26. The molecule has 1 N–H and O–H groups in total. The van der Waals surface area contributed by atoms with Gasteiger partial charge in [-0.15, -0.1) is 0 Å². The molecule has 0 aromatic heterocycles. The van der Waals surface area contributed by atoms with Crippen molar-refractivity contribution in [1.29, 1.82) is 0 Å². The molecule has 1 aromatic carbocycles. The largest absolute Gasteiger partial charge is 0.484 e. The average molecular weight is 317 g/mol. The molecule has 22 heavy (non-hydrogen) atoms. The first kappa shape index (κ1) is 17.1. The van der Waals surface area contributed by atoms with Crippen LogP contribution in [0.5, 0.6) is 5.75 Å². The molecule has 0 saturated heterocycles. The Morgan fingerprint density at radius 1 is 1.23 bits per heavy atom. The van der Waals surface area contributed by atoms with Gasteiger partial charge in [-0.25, -0.2) is 0 Å². The summed E-state index contributed by atoms with van der Waals surface area (Å²) in [6.07, 6.45) is -1.52. The van der Waals surface area contributed by atoms with E-state index in [2.05, 4.69) is 9.64 Å². The summed E-state index contributed by atoms with van der Waals surface area (Å²) < 4.78 is 40.9. The SMILES string of the molecule is CN(Cc1ccc(OCC(F)(F)F)cc1)CC1CCCC1O. The van der Waals surface area contributed by atoms with Crippen molar-refractivity contribution in [3.63, 3.8) is 0 Å². The highest BCUT2D eigenvalue weighted by atomic mass is 19.4. The Morgan fingerprint density at radius 2 is 1.91 bits per heavy atom. The first-order chi connectivity index (χ1) is 10.3. The van der Waals surface area contributed by atoms with Gasteiger partial charge < -0.3 is 14.7 Å². The van der Waals surface area contributed by atoms with Crippen LogP contribution >= 0.6 is 0 Å². The molecule has 2 atom stereocenters. The second kappa shape index (κ2) is 7.33. The molecule has 1 fully saturated rings. The average Bonchev–Trinajstić information content (AvgIpc) is 2.82. The number of hydrogen-bond acceptors (Lipinski definition) is 3. The topological polar surface area (TPSA) is 32.7 Å². The van der Waals surface area contributed by atoms with Gasteiger partial charge in [0.2, 0.25) is 0 Å². The maximum absolute atomic E-state index is 12.1. The van der Waals surface area contributed by atoms with Gasteiger partial charge in [0.15, 0.2) is 6.61 Å². The van der Waals surface area contributed by atoms with Crippen molar-refractivity contribution in [2.24, 2.45) is 5.92 Å². The Labute approximate surface area is 128 Å². The Morgan fingerprint density at radius 3 is 2.45 bits per heavy atom. The van der Waals surface area contributed by atoms with Crippen molar-refractivity contribution in [2.45, 2.75) is 38.1 Å². The van der Waals surface area contributed by atoms with E-state index in [-0.39, 0.29) is 11.9 Å². The second-order valence-electron chi connectivity index (χ2n) is 6.00. The molecule has 6 heteroatoms. The molecule has 0 heterocycles. The Bertz CT molecular complexity index is 461. The van der Waals surface area contributed by atoms with Gasteiger partial charge in [-0.2, -0.15) is 13.2 Å². The summed E-state index contributed by atoms with van der Waals surface area (Å²) in [6, 6.07) is 6.65. The molecule has 0 aliphatic heterocycles.